The molecule has 1 aliphatic heterocycles. The van der Waals surface area contributed by atoms with Crippen LogP contribution in [0.25, 0.3) is 10.9 Å². The van der Waals surface area contributed by atoms with Gasteiger partial charge in [0.05, 0.1) is 11.6 Å². The average Bonchev–Trinajstić information content (AvgIpc) is 3.43. The van der Waals surface area contributed by atoms with E-state index in [0.717, 1.165) is 79.0 Å². The smallest absolute Gasteiger partial charge is 0.253 e. The molecule has 1 saturated heterocycles. The normalized spacial score (nSPS) is 18.7. The van der Waals surface area contributed by atoms with Crippen LogP contribution in [-0.4, -0.2) is 66.2 Å². The first-order valence-corrected chi connectivity index (χ1v) is 13.8. The molecule has 9 heteroatoms. The minimum absolute atomic E-state index is 0.0628. The molecule has 6 rings (SSSR count). The fourth-order valence-electron chi connectivity index (χ4n) is 6.19. The van der Waals surface area contributed by atoms with Crippen LogP contribution in [0, 0.1) is 13.8 Å². The van der Waals surface area contributed by atoms with Gasteiger partial charge in [-0.15, -0.1) is 5.10 Å². The molecule has 0 bridgehead atoms. The van der Waals surface area contributed by atoms with Gasteiger partial charge in [0.25, 0.3) is 5.56 Å². The summed E-state index contributed by atoms with van der Waals surface area (Å²) in [7, 11) is 0. The standard InChI is InChI=1S/C29H36N8O/c1-20-10-11-21(2)26-24(20)17-25(29(38)31-26)27(28-32-33-34-37(28)23-8-4-3-5-9-23)36-15-13-35(14-16-36)19-22-7-6-12-30-18-22/h6-7,10-12,17-18,23,27H,3-5,8-9,13-16,19H2,1-2H3,(H,31,38)/t27-/m0/s1. The van der Waals surface area contributed by atoms with Crippen LogP contribution in [0.15, 0.2) is 47.5 Å². The number of benzene rings is 1. The maximum absolute atomic E-state index is 13.7. The Morgan fingerprint density at radius 3 is 2.58 bits per heavy atom. The Morgan fingerprint density at radius 2 is 1.82 bits per heavy atom. The van der Waals surface area contributed by atoms with Crippen LogP contribution in [-0.2, 0) is 6.54 Å². The Kier molecular flexibility index (Phi) is 7.04. The van der Waals surface area contributed by atoms with Gasteiger partial charge in [-0.05, 0) is 65.9 Å². The summed E-state index contributed by atoms with van der Waals surface area (Å²) in [5, 5.41) is 14.3. The lowest BCUT2D eigenvalue weighted by Crippen LogP contribution is -2.48. The summed E-state index contributed by atoms with van der Waals surface area (Å²) in [6.45, 7) is 8.48. The molecule has 0 amide bonds. The summed E-state index contributed by atoms with van der Waals surface area (Å²) in [4.78, 5) is 26.0. The molecule has 4 heterocycles. The third kappa shape index (κ3) is 4.88. The van der Waals surface area contributed by atoms with Gasteiger partial charge in [-0.25, -0.2) is 4.68 Å². The van der Waals surface area contributed by atoms with Crippen LogP contribution < -0.4 is 5.56 Å². The highest BCUT2D eigenvalue weighted by Gasteiger charge is 2.34. The van der Waals surface area contributed by atoms with Crippen molar-refractivity contribution in [1.29, 1.82) is 0 Å². The van der Waals surface area contributed by atoms with E-state index in [1.54, 1.807) is 0 Å². The molecule has 2 fully saturated rings. The van der Waals surface area contributed by atoms with E-state index < -0.39 is 0 Å². The maximum atomic E-state index is 13.7. The van der Waals surface area contributed by atoms with Crippen molar-refractivity contribution < 1.29 is 0 Å². The molecule has 1 aliphatic carbocycles. The highest BCUT2D eigenvalue weighted by atomic mass is 16.1. The van der Waals surface area contributed by atoms with Gasteiger partial charge in [0.15, 0.2) is 5.82 Å². The molecule has 0 spiro atoms. The molecule has 9 nitrogen and oxygen atoms in total. The predicted molar refractivity (Wildman–Crippen MR) is 147 cm³/mol. The second-order valence-electron chi connectivity index (χ2n) is 10.9. The second-order valence-corrected chi connectivity index (χ2v) is 10.9. The van der Waals surface area contributed by atoms with Crippen LogP contribution in [0.2, 0.25) is 0 Å². The minimum Gasteiger partial charge on any atom is -0.321 e. The second kappa shape index (κ2) is 10.7. The summed E-state index contributed by atoms with van der Waals surface area (Å²) in [6.07, 6.45) is 9.55. The molecule has 0 unspecified atom stereocenters. The Hall–Kier alpha value is -3.43. The summed E-state index contributed by atoms with van der Waals surface area (Å²) in [5.41, 5.74) is 5.00. The quantitative estimate of drug-likeness (QED) is 0.418. The molecule has 38 heavy (non-hydrogen) atoms. The molecule has 4 aromatic rings. The molecule has 1 aromatic carbocycles. The number of rotatable bonds is 6. The van der Waals surface area contributed by atoms with Crippen LogP contribution >= 0.6 is 0 Å². The SMILES string of the molecule is Cc1ccc(C)c2[nH]c(=O)c([C@@H](c3nnnn3C3CCCCC3)N3CCN(Cc4cccnc4)CC3)cc12. The highest BCUT2D eigenvalue weighted by molar-refractivity contribution is 5.85. The first-order chi connectivity index (χ1) is 18.6. The monoisotopic (exact) mass is 512 g/mol. The van der Waals surface area contributed by atoms with Crippen molar-refractivity contribution in [3.8, 4) is 0 Å². The number of aromatic nitrogens is 6. The molecule has 198 valence electrons. The molecule has 1 N–H and O–H groups in total. The summed E-state index contributed by atoms with van der Waals surface area (Å²) >= 11 is 0. The molecular weight excluding hydrogens is 476 g/mol. The lowest BCUT2D eigenvalue weighted by Gasteiger charge is -2.39. The van der Waals surface area contributed by atoms with Gasteiger partial charge in [0, 0.05) is 56.1 Å². The van der Waals surface area contributed by atoms with E-state index >= 15 is 0 Å². The number of H-pyrrole nitrogens is 1. The number of nitrogens with zero attached hydrogens (tertiary/aromatic N) is 7. The third-order valence-corrected chi connectivity index (χ3v) is 8.35. The molecular formula is C29H36N8O. The third-order valence-electron chi connectivity index (χ3n) is 8.35. The number of aryl methyl sites for hydroxylation is 2. The average molecular weight is 513 g/mol. The van der Waals surface area contributed by atoms with Gasteiger partial charge in [-0.1, -0.05) is 37.5 Å². The van der Waals surface area contributed by atoms with Crippen molar-refractivity contribution in [2.45, 2.75) is 64.6 Å². The number of hydrogen-bond donors (Lipinski definition) is 1. The van der Waals surface area contributed by atoms with Gasteiger partial charge in [-0.3, -0.25) is 19.6 Å². The van der Waals surface area contributed by atoms with Crippen LogP contribution in [0.1, 0.15) is 72.3 Å². The highest BCUT2D eigenvalue weighted by Crippen LogP contribution is 2.34. The summed E-state index contributed by atoms with van der Waals surface area (Å²) < 4.78 is 2.03. The van der Waals surface area contributed by atoms with E-state index in [1.807, 2.05) is 30.1 Å². The zero-order valence-electron chi connectivity index (χ0n) is 22.3. The van der Waals surface area contributed by atoms with E-state index in [2.05, 4.69) is 66.5 Å². The minimum atomic E-state index is -0.305. The molecule has 3 aromatic heterocycles. The van der Waals surface area contributed by atoms with Gasteiger partial charge in [0.2, 0.25) is 0 Å². The van der Waals surface area contributed by atoms with E-state index in [1.165, 1.54) is 24.8 Å². The first kappa shape index (κ1) is 24.9. The van der Waals surface area contributed by atoms with Crippen molar-refractivity contribution >= 4 is 10.9 Å². The number of tetrazole rings is 1. The predicted octanol–water partition coefficient (Wildman–Crippen LogP) is 3.94. The largest absolute Gasteiger partial charge is 0.321 e. The van der Waals surface area contributed by atoms with Crippen LogP contribution in [0.4, 0.5) is 0 Å². The maximum Gasteiger partial charge on any atom is 0.253 e. The number of piperazine rings is 1. The Balaban J connectivity index is 1.37. The molecule has 1 saturated carbocycles. The lowest BCUT2D eigenvalue weighted by atomic mass is 9.94. The molecule has 1 atom stereocenters. The van der Waals surface area contributed by atoms with Crippen LogP contribution in [0.3, 0.4) is 0 Å². The van der Waals surface area contributed by atoms with Gasteiger partial charge in [-0.2, -0.15) is 0 Å². The van der Waals surface area contributed by atoms with Crippen molar-refractivity contribution in [2.24, 2.45) is 0 Å². The van der Waals surface area contributed by atoms with E-state index in [9.17, 15) is 4.79 Å². The molecule has 2 aliphatic rings. The van der Waals surface area contributed by atoms with Crippen molar-refractivity contribution in [1.82, 2.24) is 40.0 Å². The molecule has 0 radical (unpaired) electrons. The number of aromatic amines is 1. The fourth-order valence-corrected chi connectivity index (χ4v) is 6.19. The first-order valence-electron chi connectivity index (χ1n) is 13.8. The Labute approximate surface area is 222 Å². The number of pyridine rings is 2. The lowest BCUT2D eigenvalue weighted by molar-refractivity contribution is 0.0982. The van der Waals surface area contributed by atoms with Gasteiger partial charge >= 0.3 is 0 Å². The van der Waals surface area contributed by atoms with Gasteiger partial charge in [0.1, 0.15) is 6.04 Å². The zero-order chi connectivity index (χ0) is 26.1. The van der Waals surface area contributed by atoms with E-state index in [4.69, 9.17) is 0 Å². The Morgan fingerprint density at radius 1 is 1.03 bits per heavy atom. The Bertz CT molecular complexity index is 1450. The van der Waals surface area contributed by atoms with Crippen LogP contribution in [0.5, 0.6) is 0 Å². The van der Waals surface area contributed by atoms with Gasteiger partial charge < -0.3 is 4.98 Å². The van der Waals surface area contributed by atoms with Crippen molar-refractivity contribution in [3.63, 3.8) is 0 Å². The number of fused-ring (bicyclic) bond motifs is 1. The fraction of sp³-hybridized carbons (Fsp3) is 0.483. The topological polar surface area (TPSA) is 95.8 Å². The number of hydrogen-bond acceptors (Lipinski definition) is 7. The zero-order valence-corrected chi connectivity index (χ0v) is 22.3. The summed E-state index contributed by atoms with van der Waals surface area (Å²) in [5.74, 6) is 0.785. The van der Waals surface area contributed by atoms with Crippen molar-refractivity contribution in [2.75, 3.05) is 26.2 Å². The van der Waals surface area contributed by atoms with E-state index in [-0.39, 0.29) is 17.6 Å². The van der Waals surface area contributed by atoms with E-state index in [0.29, 0.717) is 0 Å². The number of nitrogens with one attached hydrogen (secondary N) is 1. The summed E-state index contributed by atoms with van der Waals surface area (Å²) in [6, 6.07) is 10.4. The van der Waals surface area contributed by atoms with Crippen molar-refractivity contribution in [3.05, 3.63) is 81.2 Å².